The van der Waals surface area contributed by atoms with Crippen molar-refractivity contribution in [2.45, 2.75) is 20.8 Å². The van der Waals surface area contributed by atoms with Gasteiger partial charge in [-0.15, -0.1) is 0 Å². The molecule has 0 unspecified atom stereocenters. The Morgan fingerprint density at radius 2 is 1.81 bits per heavy atom. The normalized spacial score (nSPS) is 10.3. The van der Waals surface area contributed by atoms with Gasteiger partial charge in [-0.25, -0.2) is 9.97 Å². The lowest BCUT2D eigenvalue weighted by atomic mass is 10.1. The van der Waals surface area contributed by atoms with Gasteiger partial charge in [-0.05, 0) is 62.2 Å². The lowest BCUT2D eigenvalue weighted by molar-refractivity contribution is 0.102. The van der Waals surface area contributed by atoms with Gasteiger partial charge in [0, 0.05) is 11.4 Å². The van der Waals surface area contributed by atoms with Gasteiger partial charge in [-0.2, -0.15) is 0 Å². The first-order valence-corrected chi connectivity index (χ1v) is 8.76. The molecule has 0 fully saturated rings. The van der Waals surface area contributed by atoms with Crippen LogP contribution in [-0.4, -0.2) is 22.5 Å². The van der Waals surface area contributed by atoms with E-state index in [2.05, 4.69) is 20.6 Å². The monoisotopic (exact) mass is 362 g/mol. The van der Waals surface area contributed by atoms with Crippen molar-refractivity contribution in [1.29, 1.82) is 0 Å². The second-order valence-electron chi connectivity index (χ2n) is 6.07. The average molecular weight is 362 g/mol. The summed E-state index contributed by atoms with van der Waals surface area (Å²) in [6.45, 7) is 6.55. The van der Waals surface area contributed by atoms with Crippen LogP contribution in [0.3, 0.4) is 0 Å². The zero-order valence-electron chi connectivity index (χ0n) is 15.6. The molecule has 138 valence electrons. The van der Waals surface area contributed by atoms with E-state index < -0.39 is 0 Å². The van der Waals surface area contributed by atoms with Gasteiger partial charge < -0.3 is 15.4 Å². The van der Waals surface area contributed by atoms with E-state index in [4.69, 9.17) is 4.74 Å². The highest BCUT2D eigenvalue weighted by Crippen LogP contribution is 2.20. The van der Waals surface area contributed by atoms with Gasteiger partial charge in [0.2, 0.25) is 0 Å². The van der Waals surface area contributed by atoms with Crippen molar-refractivity contribution in [2.24, 2.45) is 0 Å². The minimum Gasteiger partial charge on any atom is -0.494 e. The van der Waals surface area contributed by atoms with Crippen LogP contribution in [0, 0.1) is 13.8 Å². The minimum atomic E-state index is -0.288. The number of nitrogens with one attached hydrogen (secondary N) is 2. The van der Waals surface area contributed by atoms with Crippen molar-refractivity contribution >= 4 is 23.1 Å². The number of aryl methyl sites for hydroxylation is 1. The van der Waals surface area contributed by atoms with Gasteiger partial charge >= 0.3 is 0 Å². The molecule has 0 aliphatic carbocycles. The first-order valence-electron chi connectivity index (χ1n) is 8.76. The van der Waals surface area contributed by atoms with Crippen molar-refractivity contribution in [3.63, 3.8) is 0 Å². The Labute approximate surface area is 158 Å². The number of anilines is 3. The molecule has 1 aromatic heterocycles. The van der Waals surface area contributed by atoms with Crippen molar-refractivity contribution in [2.75, 3.05) is 17.2 Å². The molecule has 0 spiro atoms. The first kappa shape index (κ1) is 18.4. The molecule has 1 amide bonds. The molecule has 2 aromatic carbocycles. The van der Waals surface area contributed by atoms with E-state index in [-0.39, 0.29) is 11.6 Å². The number of rotatable bonds is 6. The second-order valence-corrected chi connectivity index (χ2v) is 6.07. The van der Waals surface area contributed by atoms with Crippen LogP contribution in [0.2, 0.25) is 0 Å². The summed E-state index contributed by atoms with van der Waals surface area (Å²) in [5.41, 5.74) is 4.05. The fourth-order valence-corrected chi connectivity index (χ4v) is 2.53. The maximum absolute atomic E-state index is 12.4. The van der Waals surface area contributed by atoms with Gasteiger partial charge in [0.1, 0.15) is 17.3 Å². The van der Waals surface area contributed by atoms with E-state index in [1.807, 2.05) is 63.2 Å². The highest BCUT2D eigenvalue weighted by molar-refractivity contribution is 6.03. The summed E-state index contributed by atoms with van der Waals surface area (Å²) in [6, 6.07) is 13.3. The maximum Gasteiger partial charge on any atom is 0.275 e. The number of ether oxygens (including phenoxy) is 1. The summed E-state index contributed by atoms with van der Waals surface area (Å²) in [6.07, 6.45) is 2.99. The smallest absolute Gasteiger partial charge is 0.275 e. The van der Waals surface area contributed by atoms with Gasteiger partial charge in [-0.1, -0.05) is 12.1 Å². The van der Waals surface area contributed by atoms with Crippen LogP contribution in [0.1, 0.15) is 28.5 Å². The van der Waals surface area contributed by atoms with E-state index in [0.717, 1.165) is 28.3 Å². The summed E-state index contributed by atoms with van der Waals surface area (Å²) in [5, 5.41) is 6.02. The zero-order chi connectivity index (χ0) is 19.2. The predicted octanol–water partition coefficient (Wildman–Crippen LogP) is 4.49. The number of aromatic nitrogens is 2. The molecule has 0 radical (unpaired) electrons. The van der Waals surface area contributed by atoms with E-state index in [9.17, 15) is 4.79 Å². The van der Waals surface area contributed by atoms with Crippen LogP contribution in [0.25, 0.3) is 0 Å². The second kappa shape index (κ2) is 8.31. The third-order valence-electron chi connectivity index (χ3n) is 4.18. The Kier molecular flexibility index (Phi) is 5.66. The van der Waals surface area contributed by atoms with Crippen LogP contribution < -0.4 is 15.4 Å². The molecule has 6 heteroatoms. The van der Waals surface area contributed by atoms with Crippen molar-refractivity contribution < 1.29 is 9.53 Å². The molecule has 0 aliphatic heterocycles. The summed E-state index contributed by atoms with van der Waals surface area (Å²) in [4.78, 5) is 20.9. The third-order valence-corrected chi connectivity index (χ3v) is 4.18. The quantitative estimate of drug-likeness (QED) is 0.676. The molecule has 0 aliphatic rings. The predicted molar refractivity (Wildman–Crippen MR) is 107 cm³/mol. The summed E-state index contributed by atoms with van der Waals surface area (Å²) in [7, 11) is 0. The molecule has 27 heavy (non-hydrogen) atoms. The molecular weight excluding hydrogens is 340 g/mol. The Morgan fingerprint density at radius 1 is 1.04 bits per heavy atom. The van der Waals surface area contributed by atoms with Gasteiger partial charge in [0.25, 0.3) is 5.91 Å². The number of carbonyl (C=O) groups excluding carboxylic acids is 1. The lowest BCUT2D eigenvalue weighted by Gasteiger charge is -2.10. The van der Waals surface area contributed by atoms with Gasteiger partial charge in [0.05, 0.1) is 19.0 Å². The molecule has 0 bridgehead atoms. The summed E-state index contributed by atoms with van der Waals surface area (Å²) < 4.78 is 5.42. The molecule has 3 aromatic rings. The highest BCUT2D eigenvalue weighted by atomic mass is 16.5. The molecule has 1 heterocycles. The van der Waals surface area contributed by atoms with E-state index in [1.54, 1.807) is 0 Å². The molecule has 0 saturated heterocycles. The average Bonchev–Trinajstić information content (AvgIpc) is 2.68. The number of carbonyl (C=O) groups is 1. The minimum absolute atomic E-state index is 0.258. The maximum atomic E-state index is 12.4. The van der Waals surface area contributed by atoms with Crippen LogP contribution >= 0.6 is 0 Å². The van der Waals surface area contributed by atoms with Crippen LogP contribution in [0.4, 0.5) is 17.2 Å². The van der Waals surface area contributed by atoms with Crippen molar-refractivity contribution in [1.82, 2.24) is 9.97 Å². The van der Waals surface area contributed by atoms with Crippen molar-refractivity contribution in [3.8, 4) is 5.75 Å². The molecule has 0 saturated carbocycles. The first-order chi connectivity index (χ1) is 13.1. The Morgan fingerprint density at radius 3 is 2.48 bits per heavy atom. The summed E-state index contributed by atoms with van der Waals surface area (Å²) in [5.74, 6) is 1.08. The summed E-state index contributed by atoms with van der Waals surface area (Å²) >= 11 is 0. The SMILES string of the molecule is CCOc1ccc(Nc2cnc(C(=O)Nc3cccc(C)c3C)cn2)cc1. The molecule has 3 rings (SSSR count). The van der Waals surface area contributed by atoms with Gasteiger partial charge in [-0.3, -0.25) is 4.79 Å². The number of hydrogen-bond acceptors (Lipinski definition) is 5. The Bertz CT molecular complexity index is 922. The van der Waals surface area contributed by atoms with Crippen LogP contribution in [-0.2, 0) is 0 Å². The number of amides is 1. The molecule has 2 N–H and O–H groups in total. The molecular formula is C21H22N4O2. The largest absolute Gasteiger partial charge is 0.494 e. The fraction of sp³-hybridized carbons (Fsp3) is 0.190. The zero-order valence-corrected chi connectivity index (χ0v) is 15.6. The number of benzene rings is 2. The number of nitrogens with zero attached hydrogens (tertiary/aromatic N) is 2. The highest BCUT2D eigenvalue weighted by Gasteiger charge is 2.10. The third kappa shape index (κ3) is 4.61. The Hall–Kier alpha value is -3.41. The Balaban J connectivity index is 1.65. The molecule has 0 atom stereocenters. The number of hydrogen-bond donors (Lipinski definition) is 2. The van der Waals surface area contributed by atoms with E-state index >= 15 is 0 Å². The van der Waals surface area contributed by atoms with Crippen LogP contribution in [0.5, 0.6) is 5.75 Å². The fourth-order valence-electron chi connectivity index (χ4n) is 2.53. The van der Waals surface area contributed by atoms with E-state index in [1.165, 1.54) is 12.4 Å². The topological polar surface area (TPSA) is 76.1 Å². The van der Waals surface area contributed by atoms with Crippen LogP contribution in [0.15, 0.2) is 54.9 Å². The lowest BCUT2D eigenvalue weighted by Crippen LogP contribution is -2.15. The standard InChI is InChI=1S/C21H22N4O2/c1-4-27-17-10-8-16(9-11-17)24-20-13-22-19(12-23-20)21(26)25-18-7-5-6-14(2)15(18)3/h5-13H,4H2,1-3H3,(H,23,24)(H,25,26). The van der Waals surface area contributed by atoms with Gasteiger partial charge in [0.15, 0.2) is 0 Å². The molecule has 6 nitrogen and oxygen atoms in total. The van der Waals surface area contributed by atoms with E-state index in [0.29, 0.717) is 12.4 Å². The van der Waals surface area contributed by atoms with Crippen molar-refractivity contribution in [3.05, 3.63) is 71.7 Å².